The second-order valence-corrected chi connectivity index (χ2v) is 4.92. The largest absolute Gasteiger partial charge is 0.0844 e. The molecule has 2 aliphatic rings. The molecule has 0 bridgehead atoms. The maximum atomic E-state index is 2.51. The summed E-state index contributed by atoms with van der Waals surface area (Å²) in [5.74, 6) is 0. The molecule has 1 aromatic rings. The quantitative estimate of drug-likeness (QED) is 0.593. The van der Waals surface area contributed by atoms with E-state index < -0.39 is 0 Å². The minimum absolute atomic E-state index is 0.444. The van der Waals surface area contributed by atoms with Gasteiger partial charge in [0.25, 0.3) is 0 Å². The van der Waals surface area contributed by atoms with Crippen LogP contribution in [0.2, 0.25) is 0 Å². The van der Waals surface area contributed by atoms with Crippen molar-refractivity contribution in [1.29, 1.82) is 0 Å². The van der Waals surface area contributed by atoms with Crippen molar-refractivity contribution in [2.45, 2.75) is 43.9 Å². The smallest absolute Gasteiger partial charge is 0.0164 e. The third-order valence-corrected chi connectivity index (χ3v) is 4.20. The van der Waals surface area contributed by atoms with E-state index in [2.05, 4.69) is 36.4 Å². The standard InChI is InChI=1S/C15H18/c1-2-7-13(8-3-1)15-11-5-4-9-14(15)10-6-12-15/h1-3,7-8,10H,4-6,9,11-12H2. The Morgan fingerprint density at radius 2 is 1.80 bits per heavy atom. The third-order valence-electron chi connectivity index (χ3n) is 4.20. The van der Waals surface area contributed by atoms with Gasteiger partial charge in [-0.25, -0.2) is 0 Å². The van der Waals surface area contributed by atoms with Crippen LogP contribution < -0.4 is 0 Å². The zero-order chi connectivity index (χ0) is 10.1. The Hall–Kier alpha value is -1.04. The van der Waals surface area contributed by atoms with Crippen molar-refractivity contribution in [1.82, 2.24) is 0 Å². The first-order valence-electron chi connectivity index (χ1n) is 6.17. The van der Waals surface area contributed by atoms with E-state index in [9.17, 15) is 0 Å². The Labute approximate surface area is 92.0 Å². The van der Waals surface area contributed by atoms with Crippen LogP contribution in [0.1, 0.15) is 44.1 Å². The molecule has 0 heterocycles. The first-order chi connectivity index (χ1) is 7.42. The molecule has 1 unspecified atom stereocenters. The lowest BCUT2D eigenvalue weighted by molar-refractivity contribution is 0.384. The first-order valence-corrected chi connectivity index (χ1v) is 6.17. The van der Waals surface area contributed by atoms with Crippen LogP contribution in [0.4, 0.5) is 0 Å². The maximum Gasteiger partial charge on any atom is 0.0164 e. The fourth-order valence-corrected chi connectivity index (χ4v) is 3.45. The van der Waals surface area contributed by atoms with E-state index in [1.165, 1.54) is 38.5 Å². The molecule has 0 amide bonds. The summed E-state index contributed by atoms with van der Waals surface area (Å²) in [5.41, 5.74) is 3.74. The van der Waals surface area contributed by atoms with Crippen LogP contribution in [0.25, 0.3) is 0 Å². The second-order valence-electron chi connectivity index (χ2n) is 4.92. The van der Waals surface area contributed by atoms with E-state index in [0.717, 1.165) is 0 Å². The predicted octanol–water partition coefficient (Wildman–Crippen LogP) is 4.22. The van der Waals surface area contributed by atoms with Crippen molar-refractivity contribution in [3.63, 3.8) is 0 Å². The zero-order valence-corrected chi connectivity index (χ0v) is 9.21. The lowest BCUT2D eigenvalue weighted by atomic mass is 9.67. The molecule has 1 saturated carbocycles. The highest BCUT2D eigenvalue weighted by atomic mass is 14.4. The zero-order valence-electron chi connectivity index (χ0n) is 9.21. The van der Waals surface area contributed by atoms with E-state index >= 15 is 0 Å². The lowest BCUT2D eigenvalue weighted by Crippen LogP contribution is -2.28. The number of hydrogen-bond donors (Lipinski definition) is 0. The van der Waals surface area contributed by atoms with Gasteiger partial charge in [-0.2, -0.15) is 0 Å². The molecule has 0 nitrogen and oxygen atoms in total. The van der Waals surface area contributed by atoms with E-state index in [4.69, 9.17) is 0 Å². The van der Waals surface area contributed by atoms with Crippen LogP contribution in [0, 0.1) is 0 Å². The van der Waals surface area contributed by atoms with Crippen LogP contribution in [0.5, 0.6) is 0 Å². The third kappa shape index (κ3) is 1.35. The predicted molar refractivity (Wildman–Crippen MR) is 63.9 cm³/mol. The highest BCUT2D eigenvalue weighted by molar-refractivity contribution is 5.40. The summed E-state index contributed by atoms with van der Waals surface area (Å²) in [6, 6.07) is 11.2. The molecule has 0 aromatic heterocycles. The SMILES string of the molecule is C1=C2CCCCC2(c2ccccc2)CC1. The Bertz CT molecular complexity index is 374. The van der Waals surface area contributed by atoms with Crippen LogP contribution in [-0.2, 0) is 5.41 Å². The summed E-state index contributed by atoms with van der Waals surface area (Å²) < 4.78 is 0. The topological polar surface area (TPSA) is 0 Å². The van der Waals surface area contributed by atoms with E-state index in [-0.39, 0.29) is 0 Å². The number of fused-ring (bicyclic) bond motifs is 1. The van der Waals surface area contributed by atoms with Crippen LogP contribution in [0.3, 0.4) is 0 Å². The van der Waals surface area contributed by atoms with Crippen molar-refractivity contribution in [3.8, 4) is 0 Å². The van der Waals surface area contributed by atoms with Gasteiger partial charge in [0.05, 0.1) is 0 Å². The Morgan fingerprint density at radius 1 is 0.933 bits per heavy atom. The molecule has 0 aliphatic heterocycles. The molecule has 0 radical (unpaired) electrons. The summed E-state index contributed by atoms with van der Waals surface area (Å²) in [6.45, 7) is 0. The molecular weight excluding hydrogens is 180 g/mol. The summed E-state index contributed by atoms with van der Waals surface area (Å²) in [4.78, 5) is 0. The van der Waals surface area contributed by atoms with E-state index in [1.807, 2.05) is 0 Å². The van der Waals surface area contributed by atoms with Gasteiger partial charge < -0.3 is 0 Å². The lowest BCUT2D eigenvalue weighted by Gasteiger charge is -2.37. The molecular formula is C15H18. The highest BCUT2D eigenvalue weighted by Gasteiger charge is 2.39. The van der Waals surface area contributed by atoms with Crippen molar-refractivity contribution < 1.29 is 0 Å². The monoisotopic (exact) mass is 198 g/mol. The van der Waals surface area contributed by atoms with Crippen molar-refractivity contribution in [3.05, 3.63) is 47.5 Å². The Morgan fingerprint density at radius 3 is 2.67 bits per heavy atom. The van der Waals surface area contributed by atoms with Gasteiger partial charge in [0.1, 0.15) is 0 Å². The first kappa shape index (κ1) is 9.21. The Kier molecular flexibility index (Phi) is 2.16. The van der Waals surface area contributed by atoms with Gasteiger partial charge in [0.15, 0.2) is 0 Å². The average molecular weight is 198 g/mol. The van der Waals surface area contributed by atoms with Gasteiger partial charge in [0, 0.05) is 5.41 Å². The van der Waals surface area contributed by atoms with Gasteiger partial charge >= 0.3 is 0 Å². The fraction of sp³-hybridized carbons (Fsp3) is 0.467. The van der Waals surface area contributed by atoms with Crippen molar-refractivity contribution in [2.75, 3.05) is 0 Å². The molecule has 0 N–H and O–H groups in total. The van der Waals surface area contributed by atoms with Crippen LogP contribution >= 0.6 is 0 Å². The van der Waals surface area contributed by atoms with E-state index in [1.54, 1.807) is 11.1 Å². The fourth-order valence-electron chi connectivity index (χ4n) is 3.45. The molecule has 2 aliphatic carbocycles. The molecule has 1 atom stereocenters. The summed E-state index contributed by atoms with van der Waals surface area (Å²) in [5, 5.41) is 0. The molecule has 1 fully saturated rings. The summed E-state index contributed by atoms with van der Waals surface area (Å²) >= 11 is 0. The van der Waals surface area contributed by atoms with Gasteiger partial charge in [-0.05, 0) is 37.7 Å². The number of allylic oxidation sites excluding steroid dienone is 2. The Balaban J connectivity index is 2.05. The molecule has 78 valence electrons. The molecule has 0 heteroatoms. The number of rotatable bonds is 1. The number of benzene rings is 1. The normalized spacial score (nSPS) is 29.7. The molecule has 15 heavy (non-hydrogen) atoms. The molecule has 0 saturated heterocycles. The molecule has 0 spiro atoms. The van der Waals surface area contributed by atoms with Gasteiger partial charge in [-0.3, -0.25) is 0 Å². The van der Waals surface area contributed by atoms with Crippen LogP contribution in [-0.4, -0.2) is 0 Å². The van der Waals surface area contributed by atoms with Crippen molar-refractivity contribution >= 4 is 0 Å². The highest BCUT2D eigenvalue weighted by Crippen LogP contribution is 2.50. The summed E-state index contributed by atoms with van der Waals surface area (Å²) in [6.07, 6.45) is 10.7. The summed E-state index contributed by atoms with van der Waals surface area (Å²) in [7, 11) is 0. The minimum atomic E-state index is 0.444. The second kappa shape index (κ2) is 3.52. The average Bonchev–Trinajstić information content (AvgIpc) is 2.75. The van der Waals surface area contributed by atoms with Gasteiger partial charge in [0.2, 0.25) is 0 Å². The van der Waals surface area contributed by atoms with Gasteiger partial charge in [-0.15, -0.1) is 0 Å². The van der Waals surface area contributed by atoms with Crippen LogP contribution in [0.15, 0.2) is 42.0 Å². The maximum absolute atomic E-state index is 2.51. The number of hydrogen-bond acceptors (Lipinski definition) is 0. The minimum Gasteiger partial charge on any atom is -0.0844 e. The van der Waals surface area contributed by atoms with Gasteiger partial charge in [-0.1, -0.05) is 48.4 Å². The molecule has 3 rings (SSSR count). The van der Waals surface area contributed by atoms with E-state index in [0.29, 0.717) is 5.41 Å². The van der Waals surface area contributed by atoms with Crippen molar-refractivity contribution in [2.24, 2.45) is 0 Å². The molecule has 1 aromatic carbocycles.